The highest BCUT2D eigenvalue weighted by molar-refractivity contribution is 5.95. The predicted octanol–water partition coefficient (Wildman–Crippen LogP) is 1.96. The lowest BCUT2D eigenvalue weighted by Gasteiger charge is -2.15. The zero-order chi connectivity index (χ0) is 22.0. The summed E-state index contributed by atoms with van der Waals surface area (Å²) in [5.41, 5.74) is 3.18. The van der Waals surface area contributed by atoms with Crippen molar-refractivity contribution in [3.05, 3.63) is 59.2 Å². The number of tetrazole rings is 1. The van der Waals surface area contributed by atoms with E-state index in [-0.39, 0.29) is 30.5 Å². The lowest BCUT2D eigenvalue weighted by molar-refractivity contribution is -0.117. The number of fused-ring (bicyclic) bond motifs is 1. The van der Waals surface area contributed by atoms with Crippen LogP contribution < -0.4 is 15.0 Å². The van der Waals surface area contributed by atoms with Gasteiger partial charge >= 0.3 is 0 Å². The van der Waals surface area contributed by atoms with Crippen molar-refractivity contribution in [1.82, 2.24) is 20.2 Å². The molecule has 1 aliphatic rings. The third-order valence-corrected chi connectivity index (χ3v) is 5.12. The van der Waals surface area contributed by atoms with Crippen molar-refractivity contribution in [2.45, 2.75) is 26.3 Å². The monoisotopic (exact) mass is 424 g/mol. The molecule has 2 aromatic carbocycles. The summed E-state index contributed by atoms with van der Waals surface area (Å²) < 4.78 is 20.2. The summed E-state index contributed by atoms with van der Waals surface area (Å²) >= 11 is 0. The SMILES string of the molecule is COc1ccc(Cc2nnnn2CC(=O)Nc2ccc3c(c2)CCN3C(C)=O)cc1F. The molecule has 0 bridgehead atoms. The van der Waals surface area contributed by atoms with Crippen LogP contribution in [-0.4, -0.2) is 45.7 Å². The summed E-state index contributed by atoms with van der Waals surface area (Å²) in [6, 6.07) is 10.1. The third kappa shape index (κ3) is 4.37. The normalized spacial score (nSPS) is 12.5. The Labute approximate surface area is 177 Å². The van der Waals surface area contributed by atoms with Gasteiger partial charge in [0.2, 0.25) is 11.8 Å². The third-order valence-electron chi connectivity index (χ3n) is 5.12. The van der Waals surface area contributed by atoms with Gasteiger partial charge in [-0.3, -0.25) is 9.59 Å². The molecule has 2 amide bonds. The Morgan fingerprint density at radius 3 is 2.81 bits per heavy atom. The van der Waals surface area contributed by atoms with Gasteiger partial charge in [0, 0.05) is 31.3 Å². The number of nitrogens with zero attached hydrogens (tertiary/aromatic N) is 5. The molecule has 10 heteroatoms. The first-order chi connectivity index (χ1) is 14.9. The number of carbonyl (C=O) groups excluding carboxylic acids is 2. The van der Waals surface area contributed by atoms with Crippen LogP contribution in [0, 0.1) is 5.82 Å². The minimum atomic E-state index is -0.475. The van der Waals surface area contributed by atoms with E-state index in [0.717, 1.165) is 17.7 Å². The molecule has 0 fully saturated rings. The topological polar surface area (TPSA) is 102 Å². The van der Waals surface area contributed by atoms with Gasteiger partial charge < -0.3 is 15.0 Å². The first-order valence-corrected chi connectivity index (χ1v) is 9.73. The Hall–Kier alpha value is -3.82. The van der Waals surface area contributed by atoms with Crippen LogP contribution in [0.3, 0.4) is 0 Å². The van der Waals surface area contributed by atoms with Gasteiger partial charge in [-0.2, -0.15) is 0 Å². The van der Waals surface area contributed by atoms with Gasteiger partial charge in [-0.25, -0.2) is 9.07 Å². The molecule has 1 aromatic heterocycles. The first-order valence-electron chi connectivity index (χ1n) is 9.73. The molecule has 0 radical (unpaired) electrons. The standard InChI is InChI=1S/C21H21FN6O3/c1-13(29)27-8-7-15-11-16(4-5-18(15)27)23-21(30)12-28-20(24-25-26-28)10-14-3-6-19(31-2)17(22)9-14/h3-6,9,11H,7-8,10,12H2,1-2H3,(H,23,30). The molecule has 31 heavy (non-hydrogen) atoms. The second-order valence-corrected chi connectivity index (χ2v) is 7.21. The number of hydrogen-bond acceptors (Lipinski definition) is 6. The second kappa shape index (κ2) is 8.50. The van der Waals surface area contributed by atoms with Crippen molar-refractivity contribution in [2.24, 2.45) is 0 Å². The number of benzene rings is 2. The Morgan fingerprint density at radius 1 is 1.23 bits per heavy atom. The fraction of sp³-hybridized carbons (Fsp3) is 0.286. The van der Waals surface area contributed by atoms with Gasteiger partial charge in [0.1, 0.15) is 6.54 Å². The molecule has 1 aliphatic heterocycles. The Balaban J connectivity index is 1.42. The molecular formula is C21H21FN6O3. The summed E-state index contributed by atoms with van der Waals surface area (Å²) in [6.45, 7) is 2.09. The van der Waals surface area contributed by atoms with Gasteiger partial charge in [0.25, 0.3) is 0 Å². The van der Waals surface area contributed by atoms with E-state index < -0.39 is 5.82 Å². The molecule has 4 rings (SSSR count). The summed E-state index contributed by atoms with van der Waals surface area (Å²) in [6.07, 6.45) is 1.01. The predicted molar refractivity (Wildman–Crippen MR) is 110 cm³/mol. The highest BCUT2D eigenvalue weighted by atomic mass is 19.1. The number of amides is 2. The fourth-order valence-electron chi connectivity index (χ4n) is 3.62. The number of halogens is 1. The lowest BCUT2D eigenvalue weighted by atomic mass is 10.1. The van der Waals surface area contributed by atoms with E-state index in [9.17, 15) is 14.0 Å². The molecule has 3 aromatic rings. The smallest absolute Gasteiger partial charge is 0.246 e. The van der Waals surface area contributed by atoms with E-state index in [4.69, 9.17) is 4.74 Å². The minimum Gasteiger partial charge on any atom is -0.494 e. The average molecular weight is 424 g/mol. The zero-order valence-corrected chi connectivity index (χ0v) is 17.1. The van der Waals surface area contributed by atoms with Crippen LogP contribution in [0.4, 0.5) is 15.8 Å². The number of ether oxygens (including phenoxy) is 1. The molecule has 0 unspecified atom stereocenters. The molecule has 1 N–H and O–H groups in total. The number of rotatable bonds is 6. The summed E-state index contributed by atoms with van der Waals surface area (Å²) in [4.78, 5) is 25.9. The fourth-order valence-corrected chi connectivity index (χ4v) is 3.62. The van der Waals surface area contributed by atoms with Crippen LogP contribution in [0.15, 0.2) is 36.4 Å². The van der Waals surface area contributed by atoms with Crippen LogP contribution in [-0.2, 0) is 29.0 Å². The van der Waals surface area contributed by atoms with Crippen molar-refractivity contribution < 1.29 is 18.7 Å². The second-order valence-electron chi connectivity index (χ2n) is 7.21. The van der Waals surface area contributed by atoms with Crippen molar-refractivity contribution in [2.75, 3.05) is 23.9 Å². The summed E-state index contributed by atoms with van der Waals surface area (Å²) in [5, 5.41) is 14.3. The van der Waals surface area contributed by atoms with Crippen molar-refractivity contribution in [1.29, 1.82) is 0 Å². The first kappa shape index (κ1) is 20.5. The minimum absolute atomic E-state index is 0.00140. The van der Waals surface area contributed by atoms with Gasteiger partial charge in [-0.15, -0.1) is 5.10 Å². The van der Waals surface area contributed by atoms with E-state index in [2.05, 4.69) is 20.8 Å². The van der Waals surface area contributed by atoms with Crippen LogP contribution >= 0.6 is 0 Å². The maximum absolute atomic E-state index is 13.9. The summed E-state index contributed by atoms with van der Waals surface area (Å²) in [5.74, 6) is -0.180. The van der Waals surface area contributed by atoms with Gasteiger partial charge in [-0.1, -0.05) is 6.07 Å². The molecule has 0 aliphatic carbocycles. The molecule has 160 valence electrons. The number of methoxy groups -OCH3 is 1. The number of anilines is 2. The number of aromatic nitrogens is 4. The van der Waals surface area contributed by atoms with Crippen molar-refractivity contribution in [3.8, 4) is 5.75 Å². The number of carbonyl (C=O) groups is 2. The molecule has 0 atom stereocenters. The average Bonchev–Trinajstić information content (AvgIpc) is 3.34. The van der Waals surface area contributed by atoms with Crippen molar-refractivity contribution >= 4 is 23.2 Å². The van der Waals surface area contributed by atoms with Gasteiger partial charge in [-0.05, 0) is 58.3 Å². The Bertz CT molecular complexity index is 1150. The number of nitrogens with one attached hydrogen (secondary N) is 1. The van der Waals surface area contributed by atoms with E-state index >= 15 is 0 Å². The van der Waals surface area contributed by atoms with Gasteiger partial charge in [0.05, 0.1) is 7.11 Å². The van der Waals surface area contributed by atoms with Crippen molar-refractivity contribution in [3.63, 3.8) is 0 Å². The maximum Gasteiger partial charge on any atom is 0.246 e. The Kier molecular flexibility index (Phi) is 5.61. The summed E-state index contributed by atoms with van der Waals surface area (Å²) in [7, 11) is 1.40. The Morgan fingerprint density at radius 2 is 2.06 bits per heavy atom. The van der Waals surface area contributed by atoms with E-state index in [0.29, 0.717) is 23.6 Å². The highest BCUT2D eigenvalue weighted by Gasteiger charge is 2.22. The highest BCUT2D eigenvalue weighted by Crippen LogP contribution is 2.30. The molecule has 0 saturated carbocycles. The van der Waals surface area contributed by atoms with E-state index in [1.807, 2.05) is 12.1 Å². The number of hydrogen-bond donors (Lipinski definition) is 1. The molecule has 0 spiro atoms. The van der Waals surface area contributed by atoms with Gasteiger partial charge in [0.15, 0.2) is 17.4 Å². The molecular weight excluding hydrogens is 403 g/mol. The maximum atomic E-state index is 13.9. The van der Waals surface area contributed by atoms with Crippen LogP contribution in [0.2, 0.25) is 0 Å². The van der Waals surface area contributed by atoms with E-state index in [1.165, 1.54) is 30.8 Å². The molecule has 0 saturated heterocycles. The molecule has 2 heterocycles. The quantitative estimate of drug-likeness (QED) is 0.649. The van der Waals surface area contributed by atoms with Crippen LogP contribution in [0.5, 0.6) is 5.75 Å². The largest absolute Gasteiger partial charge is 0.494 e. The van der Waals surface area contributed by atoms with E-state index in [1.54, 1.807) is 17.0 Å². The molecule has 9 nitrogen and oxygen atoms in total. The zero-order valence-electron chi connectivity index (χ0n) is 17.1. The van der Waals surface area contributed by atoms with Crippen LogP contribution in [0.1, 0.15) is 23.9 Å². The lowest BCUT2D eigenvalue weighted by Crippen LogP contribution is -2.25. The van der Waals surface area contributed by atoms with Crippen LogP contribution in [0.25, 0.3) is 0 Å².